The molecule has 2 rings (SSSR count). The van der Waals surface area contributed by atoms with Crippen molar-refractivity contribution in [3.05, 3.63) is 53.9 Å². The van der Waals surface area contributed by atoms with Gasteiger partial charge in [0, 0.05) is 5.69 Å². The van der Waals surface area contributed by atoms with Gasteiger partial charge in [-0.3, -0.25) is 4.79 Å². The van der Waals surface area contributed by atoms with Crippen LogP contribution in [0.1, 0.15) is 15.9 Å². The molecule has 7 nitrogen and oxygen atoms in total. The molecule has 0 unspecified atom stereocenters. The fraction of sp³-hybridized carbons (Fsp3) is 0.0833. The summed E-state index contributed by atoms with van der Waals surface area (Å²) in [6.45, 7) is 0. The Balaban J connectivity index is 2.06. The van der Waals surface area contributed by atoms with E-state index in [-0.39, 0.29) is 11.7 Å². The Morgan fingerprint density at radius 2 is 1.85 bits per heavy atom. The highest BCUT2D eigenvalue weighted by Crippen LogP contribution is 2.12. The first-order chi connectivity index (χ1) is 9.44. The Morgan fingerprint density at radius 3 is 2.40 bits per heavy atom. The molecule has 0 aliphatic heterocycles. The molecule has 2 aromatic rings. The van der Waals surface area contributed by atoms with Crippen molar-refractivity contribution in [2.24, 2.45) is 5.14 Å². The molecular weight excluding hydrogens is 280 g/mol. The maximum absolute atomic E-state index is 11.8. The number of hydrogen-bond donors (Lipinski definition) is 2. The average Bonchev–Trinajstić information content (AvgIpc) is 2.40. The number of nitrogens with zero attached hydrogens (tertiary/aromatic N) is 2. The smallest absolute Gasteiger partial charge is 0.257 e. The van der Waals surface area contributed by atoms with Crippen molar-refractivity contribution in [2.75, 3.05) is 5.32 Å². The highest BCUT2D eigenvalue weighted by Gasteiger charge is 2.07. The van der Waals surface area contributed by atoms with Crippen LogP contribution in [-0.4, -0.2) is 24.5 Å². The number of primary sulfonamides is 1. The van der Waals surface area contributed by atoms with E-state index in [2.05, 4.69) is 15.5 Å². The summed E-state index contributed by atoms with van der Waals surface area (Å²) in [5, 5.41) is 14.8. The topological polar surface area (TPSA) is 115 Å². The minimum atomic E-state index is -3.56. The lowest BCUT2D eigenvalue weighted by molar-refractivity contribution is 0.102. The zero-order chi connectivity index (χ0) is 14.6. The van der Waals surface area contributed by atoms with E-state index in [1.54, 1.807) is 24.3 Å². The Hall–Kier alpha value is -2.32. The molecule has 1 aromatic carbocycles. The third-order valence-electron chi connectivity index (χ3n) is 2.43. The van der Waals surface area contributed by atoms with Crippen LogP contribution in [0.15, 0.2) is 42.7 Å². The summed E-state index contributed by atoms with van der Waals surface area (Å²) in [6, 6.07) is 7.92. The van der Waals surface area contributed by atoms with E-state index in [9.17, 15) is 13.2 Å². The predicted molar refractivity (Wildman–Crippen MR) is 73.2 cm³/mol. The van der Waals surface area contributed by atoms with Crippen molar-refractivity contribution in [2.45, 2.75) is 5.75 Å². The molecule has 3 N–H and O–H groups in total. The Labute approximate surface area is 115 Å². The first-order valence-corrected chi connectivity index (χ1v) is 7.33. The molecule has 0 spiro atoms. The van der Waals surface area contributed by atoms with Crippen LogP contribution < -0.4 is 10.5 Å². The fourth-order valence-corrected chi connectivity index (χ4v) is 2.20. The van der Waals surface area contributed by atoms with E-state index in [1.807, 2.05) is 0 Å². The Morgan fingerprint density at radius 1 is 1.15 bits per heavy atom. The highest BCUT2D eigenvalue weighted by molar-refractivity contribution is 7.88. The first-order valence-electron chi connectivity index (χ1n) is 5.61. The molecule has 0 bridgehead atoms. The summed E-state index contributed by atoms with van der Waals surface area (Å²) in [4.78, 5) is 11.8. The van der Waals surface area contributed by atoms with Crippen molar-refractivity contribution in [3.8, 4) is 0 Å². The van der Waals surface area contributed by atoms with Crippen LogP contribution in [0.4, 0.5) is 5.69 Å². The maximum atomic E-state index is 11.8. The van der Waals surface area contributed by atoms with E-state index < -0.39 is 10.0 Å². The van der Waals surface area contributed by atoms with Crippen molar-refractivity contribution < 1.29 is 13.2 Å². The second kappa shape index (κ2) is 5.76. The molecule has 0 atom stereocenters. The number of carbonyl (C=O) groups excluding carboxylic acids is 1. The van der Waals surface area contributed by atoms with Crippen molar-refractivity contribution in [1.82, 2.24) is 10.2 Å². The monoisotopic (exact) mass is 292 g/mol. The number of sulfonamides is 1. The zero-order valence-electron chi connectivity index (χ0n) is 10.4. The largest absolute Gasteiger partial charge is 0.322 e. The molecule has 0 saturated carbocycles. The molecule has 8 heteroatoms. The maximum Gasteiger partial charge on any atom is 0.257 e. The van der Waals surface area contributed by atoms with E-state index in [1.165, 1.54) is 18.5 Å². The molecule has 104 valence electrons. The van der Waals surface area contributed by atoms with Gasteiger partial charge in [-0.1, -0.05) is 12.1 Å². The van der Waals surface area contributed by atoms with Crippen LogP contribution >= 0.6 is 0 Å². The Kier molecular flexibility index (Phi) is 4.06. The molecule has 1 aromatic heterocycles. The lowest BCUT2D eigenvalue weighted by atomic mass is 10.2. The van der Waals surface area contributed by atoms with Crippen LogP contribution in [0.5, 0.6) is 0 Å². The molecule has 0 saturated heterocycles. The van der Waals surface area contributed by atoms with Gasteiger partial charge in [-0.15, -0.1) is 0 Å². The number of rotatable bonds is 4. The summed E-state index contributed by atoms with van der Waals surface area (Å²) >= 11 is 0. The van der Waals surface area contributed by atoms with E-state index in [0.29, 0.717) is 16.8 Å². The van der Waals surface area contributed by atoms with Crippen LogP contribution in [-0.2, 0) is 15.8 Å². The SMILES string of the molecule is NS(=O)(=O)Cc1ccc(NC(=O)c2ccnnc2)cc1. The number of nitrogens with one attached hydrogen (secondary N) is 1. The van der Waals surface area contributed by atoms with Crippen LogP contribution in [0.25, 0.3) is 0 Å². The summed E-state index contributed by atoms with van der Waals surface area (Å²) in [6.07, 6.45) is 2.77. The summed E-state index contributed by atoms with van der Waals surface area (Å²) in [5.74, 6) is -0.561. The minimum absolute atomic E-state index is 0.241. The van der Waals surface area contributed by atoms with Gasteiger partial charge in [-0.2, -0.15) is 10.2 Å². The molecule has 1 amide bonds. The number of benzene rings is 1. The van der Waals surface area contributed by atoms with Gasteiger partial charge in [-0.25, -0.2) is 13.6 Å². The van der Waals surface area contributed by atoms with E-state index in [4.69, 9.17) is 5.14 Å². The van der Waals surface area contributed by atoms with Gasteiger partial charge in [0.25, 0.3) is 5.91 Å². The van der Waals surface area contributed by atoms with Crippen molar-refractivity contribution >= 4 is 21.6 Å². The quantitative estimate of drug-likeness (QED) is 0.852. The molecule has 0 radical (unpaired) electrons. The van der Waals surface area contributed by atoms with E-state index in [0.717, 1.165) is 0 Å². The third kappa shape index (κ3) is 4.11. The summed E-state index contributed by atoms with van der Waals surface area (Å²) in [7, 11) is -3.56. The average molecular weight is 292 g/mol. The van der Waals surface area contributed by atoms with Gasteiger partial charge >= 0.3 is 0 Å². The highest BCUT2D eigenvalue weighted by atomic mass is 32.2. The zero-order valence-corrected chi connectivity index (χ0v) is 11.2. The summed E-state index contributed by atoms with van der Waals surface area (Å²) in [5.41, 5.74) is 1.48. The molecule has 0 aliphatic rings. The van der Waals surface area contributed by atoms with Gasteiger partial charge in [0.05, 0.1) is 23.7 Å². The fourth-order valence-electron chi connectivity index (χ4n) is 1.54. The lowest BCUT2D eigenvalue weighted by Crippen LogP contribution is -2.15. The number of amides is 1. The summed E-state index contributed by atoms with van der Waals surface area (Å²) < 4.78 is 21.9. The molecule has 20 heavy (non-hydrogen) atoms. The van der Waals surface area contributed by atoms with Crippen molar-refractivity contribution in [3.63, 3.8) is 0 Å². The predicted octanol–water partition coefficient (Wildman–Crippen LogP) is 0.517. The second-order valence-corrected chi connectivity index (χ2v) is 5.70. The van der Waals surface area contributed by atoms with E-state index >= 15 is 0 Å². The van der Waals surface area contributed by atoms with Crippen molar-refractivity contribution in [1.29, 1.82) is 0 Å². The standard InChI is InChI=1S/C12H12N4O3S/c13-20(18,19)8-9-1-3-11(4-2-9)16-12(17)10-5-6-14-15-7-10/h1-7H,8H2,(H,16,17)(H2,13,18,19). The number of carbonyl (C=O) groups is 1. The minimum Gasteiger partial charge on any atom is -0.322 e. The van der Waals surface area contributed by atoms with Crippen LogP contribution in [0.3, 0.4) is 0 Å². The van der Waals surface area contributed by atoms with Gasteiger partial charge < -0.3 is 5.32 Å². The van der Waals surface area contributed by atoms with Crippen LogP contribution in [0.2, 0.25) is 0 Å². The van der Waals surface area contributed by atoms with Gasteiger partial charge in [0.2, 0.25) is 10.0 Å². The molecular formula is C12H12N4O3S. The first kappa shape index (κ1) is 14.1. The third-order valence-corrected chi connectivity index (χ3v) is 3.16. The normalized spacial score (nSPS) is 11.1. The molecule has 1 heterocycles. The molecule has 0 aliphatic carbocycles. The lowest BCUT2D eigenvalue weighted by Gasteiger charge is -2.06. The number of hydrogen-bond acceptors (Lipinski definition) is 5. The second-order valence-electron chi connectivity index (χ2n) is 4.09. The van der Waals surface area contributed by atoms with Gasteiger partial charge in [-0.05, 0) is 23.8 Å². The number of aromatic nitrogens is 2. The van der Waals surface area contributed by atoms with Gasteiger partial charge in [0.15, 0.2) is 0 Å². The number of nitrogens with two attached hydrogens (primary N) is 1. The number of anilines is 1. The molecule has 0 fully saturated rings. The van der Waals surface area contributed by atoms with Gasteiger partial charge in [0.1, 0.15) is 0 Å². The van der Waals surface area contributed by atoms with Crippen LogP contribution in [0, 0.1) is 0 Å². The Bertz CT molecular complexity index is 699.